The second kappa shape index (κ2) is 28.0. The Morgan fingerprint density at radius 1 is 0.694 bits per heavy atom. The number of carboxylic acid groups (broad SMARTS) is 1. The average Bonchev–Trinajstić information content (AvgIpc) is 2.86. The van der Waals surface area contributed by atoms with Crippen LogP contribution in [0.1, 0.15) is 155 Å². The molecule has 0 aromatic rings. The Bertz CT molecular complexity index is 540. The zero-order chi connectivity index (χ0) is 26.5. The molecule has 0 bridgehead atoms. The van der Waals surface area contributed by atoms with Gasteiger partial charge in [-0.2, -0.15) is 0 Å². The summed E-state index contributed by atoms with van der Waals surface area (Å²) in [5.41, 5.74) is 0. The highest BCUT2D eigenvalue weighted by Crippen LogP contribution is 2.16. The van der Waals surface area contributed by atoms with E-state index in [1.54, 1.807) is 6.08 Å². The van der Waals surface area contributed by atoms with Crippen LogP contribution < -0.4 is 0 Å². The Kier molecular flexibility index (Phi) is 26.8. The standard InChI is InChI=1S/C32H58O4/c1-3-5-6-7-8-9-10-11-12-13-14-15-16-17-18-19-20-21-22-23-24-25-26-27-30(29-31(33)34)32(35)36-28-4-2/h4,26-27,30H,2-3,5-25,28-29H2,1H3,(H,33,34)/b27-26+. The summed E-state index contributed by atoms with van der Waals surface area (Å²) in [6.07, 6.45) is 34.6. The number of unbranched alkanes of at least 4 members (excludes halogenated alkanes) is 21. The van der Waals surface area contributed by atoms with E-state index in [0.29, 0.717) is 0 Å². The van der Waals surface area contributed by atoms with Gasteiger partial charge in [0, 0.05) is 0 Å². The van der Waals surface area contributed by atoms with Gasteiger partial charge in [-0.15, -0.1) is 0 Å². The summed E-state index contributed by atoms with van der Waals surface area (Å²) in [7, 11) is 0. The molecular weight excluding hydrogens is 448 g/mol. The van der Waals surface area contributed by atoms with Crippen LogP contribution in [-0.4, -0.2) is 23.7 Å². The predicted octanol–water partition coefficient (Wildman–Crippen LogP) is 9.96. The second-order valence-corrected chi connectivity index (χ2v) is 10.4. The molecule has 0 aliphatic carbocycles. The lowest BCUT2D eigenvalue weighted by Crippen LogP contribution is -2.19. The normalized spacial score (nSPS) is 12.1. The first kappa shape index (κ1) is 34.4. The van der Waals surface area contributed by atoms with E-state index in [-0.39, 0.29) is 13.0 Å². The Balaban J connectivity index is 3.41. The van der Waals surface area contributed by atoms with Crippen molar-refractivity contribution in [3.05, 3.63) is 24.8 Å². The largest absolute Gasteiger partial charge is 0.481 e. The molecule has 0 saturated heterocycles. The average molecular weight is 507 g/mol. The number of carboxylic acids is 1. The molecule has 0 amide bonds. The van der Waals surface area contributed by atoms with Crippen LogP contribution in [0.3, 0.4) is 0 Å². The second-order valence-electron chi connectivity index (χ2n) is 10.4. The molecule has 0 aromatic heterocycles. The lowest BCUT2D eigenvalue weighted by Gasteiger charge is -2.09. The topological polar surface area (TPSA) is 63.6 Å². The van der Waals surface area contributed by atoms with Gasteiger partial charge in [0.25, 0.3) is 0 Å². The van der Waals surface area contributed by atoms with Gasteiger partial charge in [-0.25, -0.2) is 0 Å². The number of allylic oxidation sites excluding steroid dienone is 1. The maximum absolute atomic E-state index is 11.9. The third-order valence-electron chi connectivity index (χ3n) is 6.88. The summed E-state index contributed by atoms with van der Waals surface area (Å²) < 4.78 is 4.99. The molecule has 0 saturated carbocycles. The van der Waals surface area contributed by atoms with Crippen molar-refractivity contribution in [2.75, 3.05) is 6.61 Å². The lowest BCUT2D eigenvalue weighted by molar-refractivity contribution is -0.150. The van der Waals surface area contributed by atoms with E-state index in [9.17, 15) is 9.59 Å². The van der Waals surface area contributed by atoms with Crippen LogP contribution >= 0.6 is 0 Å². The van der Waals surface area contributed by atoms with Gasteiger partial charge in [-0.3, -0.25) is 9.59 Å². The highest BCUT2D eigenvalue weighted by atomic mass is 16.5. The van der Waals surface area contributed by atoms with Crippen LogP contribution in [0, 0.1) is 5.92 Å². The van der Waals surface area contributed by atoms with Crippen molar-refractivity contribution in [1.29, 1.82) is 0 Å². The first-order valence-corrected chi connectivity index (χ1v) is 15.3. The van der Waals surface area contributed by atoms with E-state index in [1.165, 1.54) is 134 Å². The third-order valence-corrected chi connectivity index (χ3v) is 6.88. The number of rotatable bonds is 28. The first-order valence-electron chi connectivity index (χ1n) is 15.3. The number of esters is 1. The minimum atomic E-state index is -0.991. The molecule has 36 heavy (non-hydrogen) atoms. The van der Waals surface area contributed by atoms with Crippen molar-refractivity contribution in [2.24, 2.45) is 5.92 Å². The molecule has 0 aliphatic rings. The minimum Gasteiger partial charge on any atom is -0.481 e. The van der Waals surface area contributed by atoms with Gasteiger partial charge in [-0.1, -0.05) is 160 Å². The molecule has 0 spiro atoms. The Morgan fingerprint density at radius 3 is 1.44 bits per heavy atom. The summed E-state index contributed by atoms with van der Waals surface area (Å²) in [6, 6.07) is 0. The SMILES string of the molecule is C=CCOC(=O)C(/C=C/CCCCCCCCCCCCCCCCCCCCCCC)CC(=O)O. The van der Waals surface area contributed by atoms with Crippen LogP contribution in [0.25, 0.3) is 0 Å². The van der Waals surface area contributed by atoms with E-state index in [2.05, 4.69) is 13.5 Å². The van der Waals surface area contributed by atoms with E-state index in [1.807, 2.05) is 6.08 Å². The summed E-state index contributed by atoms with van der Waals surface area (Å²) in [4.78, 5) is 22.9. The maximum atomic E-state index is 11.9. The predicted molar refractivity (Wildman–Crippen MR) is 153 cm³/mol. The molecule has 4 nitrogen and oxygen atoms in total. The minimum absolute atomic E-state index is 0.113. The van der Waals surface area contributed by atoms with E-state index >= 15 is 0 Å². The molecule has 4 heteroatoms. The molecule has 210 valence electrons. The Hall–Kier alpha value is -1.58. The van der Waals surface area contributed by atoms with Crippen LogP contribution in [0.15, 0.2) is 24.8 Å². The van der Waals surface area contributed by atoms with Crippen molar-refractivity contribution in [3.63, 3.8) is 0 Å². The zero-order valence-corrected chi connectivity index (χ0v) is 23.7. The molecular formula is C32H58O4. The summed E-state index contributed by atoms with van der Waals surface area (Å²) >= 11 is 0. The van der Waals surface area contributed by atoms with Gasteiger partial charge in [0.15, 0.2) is 0 Å². The highest BCUT2D eigenvalue weighted by molar-refractivity contribution is 5.80. The van der Waals surface area contributed by atoms with Gasteiger partial charge in [0.1, 0.15) is 6.61 Å². The molecule has 1 atom stereocenters. The summed E-state index contributed by atoms with van der Waals surface area (Å²) in [6.45, 7) is 5.90. The molecule has 0 rings (SSSR count). The smallest absolute Gasteiger partial charge is 0.313 e. The molecule has 1 unspecified atom stereocenters. The molecule has 0 aliphatic heterocycles. The first-order chi connectivity index (χ1) is 17.6. The molecule has 0 fully saturated rings. The fourth-order valence-electron chi connectivity index (χ4n) is 4.62. The van der Waals surface area contributed by atoms with Crippen LogP contribution in [0.4, 0.5) is 0 Å². The Labute approximate surface area is 223 Å². The molecule has 0 radical (unpaired) electrons. The van der Waals surface area contributed by atoms with Crippen molar-refractivity contribution in [1.82, 2.24) is 0 Å². The van der Waals surface area contributed by atoms with E-state index in [0.717, 1.165) is 12.8 Å². The fourth-order valence-corrected chi connectivity index (χ4v) is 4.62. The van der Waals surface area contributed by atoms with Crippen LogP contribution in [0.5, 0.6) is 0 Å². The Morgan fingerprint density at radius 2 is 1.08 bits per heavy atom. The summed E-state index contributed by atoms with van der Waals surface area (Å²) in [5, 5.41) is 8.98. The zero-order valence-electron chi connectivity index (χ0n) is 23.7. The van der Waals surface area contributed by atoms with Gasteiger partial charge >= 0.3 is 11.9 Å². The number of carbonyl (C=O) groups excluding carboxylic acids is 1. The fraction of sp³-hybridized carbons (Fsp3) is 0.812. The van der Waals surface area contributed by atoms with Crippen molar-refractivity contribution >= 4 is 11.9 Å². The van der Waals surface area contributed by atoms with E-state index in [4.69, 9.17) is 9.84 Å². The van der Waals surface area contributed by atoms with Crippen molar-refractivity contribution < 1.29 is 19.4 Å². The van der Waals surface area contributed by atoms with Gasteiger partial charge in [-0.05, 0) is 12.8 Å². The number of ether oxygens (including phenoxy) is 1. The van der Waals surface area contributed by atoms with Crippen LogP contribution in [0.2, 0.25) is 0 Å². The van der Waals surface area contributed by atoms with E-state index < -0.39 is 17.9 Å². The van der Waals surface area contributed by atoms with Crippen molar-refractivity contribution in [3.8, 4) is 0 Å². The van der Waals surface area contributed by atoms with Gasteiger partial charge < -0.3 is 9.84 Å². The van der Waals surface area contributed by atoms with Crippen LogP contribution in [-0.2, 0) is 14.3 Å². The summed E-state index contributed by atoms with van der Waals surface area (Å²) in [5.74, 6) is -2.20. The monoisotopic (exact) mass is 506 g/mol. The van der Waals surface area contributed by atoms with Crippen molar-refractivity contribution in [2.45, 2.75) is 155 Å². The maximum Gasteiger partial charge on any atom is 0.313 e. The number of hydrogen-bond acceptors (Lipinski definition) is 3. The molecule has 0 heterocycles. The molecule has 1 N–H and O–H groups in total. The lowest BCUT2D eigenvalue weighted by atomic mass is 10.0. The number of carbonyl (C=O) groups is 2. The van der Waals surface area contributed by atoms with Gasteiger partial charge in [0.05, 0.1) is 12.3 Å². The quantitative estimate of drug-likeness (QED) is 0.0651. The highest BCUT2D eigenvalue weighted by Gasteiger charge is 2.19. The van der Waals surface area contributed by atoms with Gasteiger partial charge in [0.2, 0.25) is 0 Å². The molecule has 0 aromatic carbocycles. The number of aliphatic carboxylic acids is 1. The number of hydrogen-bond donors (Lipinski definition) is 1. The third kappa shape index (κ3) is 25.5.